The van der Waals surface area contributed by atoms with Crippen molar-refractivity contribution in [3.8, 4) is 0 Å². The van der Waals surface area contributed by atoms with Gasteiger partial charge in [-0.15, -0.1) is 0 Å². The molecular weight excluding hydrogens is 302 g/mol. The fourth-order valence-electron chi connectivity index (χ4n) is 2.43. The molecule has 1 saturated heterocycles. The number of ether oxygens (including phenoxy) is 2. The SMILES string of the molecule is CCC(C)CO[C@H]1C(O)[C@@H](CO)O[C@H]1n1cc(C)c(N)nc1=O. The van der Waals surface area contributed by atoms with Gasteiger partial charge in [0, 0.05) is 18.4 Å². The summed E-state index contributed by atoms with van der Waals surface area (Å²) >= 11 is 0. The highest BCUT2D eigenvalue weighted by atomic mass is 16.6. The van der Waals surface area contributed by atoms with Gasteiger partial charge in [0.05, 0.1) is 6.61 Å². The summed E-state index contributed by atoms with van der Waals surface area (Å²) in [6.45, 7) is 5.86. The minimum atomic E-state index is -1.03. The van der Waals surface area contributed by atoms with Crippen LogP contribution in [-0.4, -0.2) is 51.3 Å². The topological polar surface area (TPSA) is 120 Å². The Morgan fingerprint density at radius 2 is 2.26 bits per heavy atom. The molecule has 2 rings (SSSR count). The Balaban J connectivity index is 2.30. The molecule has 0 bridgehead atoms. The summed E-state index contributed by atoms with van der Waals surface area (Å²) in [5.74, 6) is 0.458. The lowest BCUT2D eigenvalue weighted by molar-refractivity contribution is -0.0806. The predicted octanol–water partition coefficient (Wildman–Crippen LogP) is -0.184. The number of rotatable bonds is 6. The van der Waals surface area contributed by atoms with E-state index in [0.717, 1.165) is 6.42 Å². The smallest absolute Gasteiger partial charge is 0.351 e. The van der Waals surface area contributed by atoms with Crippen LogP contribution in [0.3, 0.4) is 0 Å². The van der Waals surface area contributed by atoms with Crippen LogP contribution in [-0.2, 0) is 9.47 Å². The van der Waals surface area contributed by atoms with Gasteiger partial charge < -0.3 is 25.4 Å². The molecule has 0 amide bonds. The average Bonchev–Trinajstić information content (AvgIpc) is 2.84. The zero-order valence-corrected chi connectivity index (χ0v) is 13.7. The molecule has 0 aromatic carbocycles. The van der Waals surface area contributed by atoms with Crippen molar-refractivity contribution < 1.29 is 19.7 Å². The molecule has 1 aromatic rings. The second kappa shape index (κ2) is 7.39. The van der Waals surface area contributed by atoms with E-state index >= 15 is 0 Å². The number of aryl methyl sites for hydroxylation is 1. The molecule has 23 heavy (non-hydrogen) atoms. The van der Waals surface area contributed by atoms with Crippen molar-refractivity contribution in [2.45, 2.75) is 51.7 Å². The van der Waals surface area contributed by atoms with Gasteiger partial charge in [0.1, 0.15) is 24.1 Å². The van der Waals surface area contributed by atoms with E-state index in [-0.39, 0.29) is 12.4 Å². The van der Waals surface area contributed by atoms with Crippen molar-refractivity contribution in [2.75, 3.05) is 18.9 Å². The van der Waals surface area contributed by atoms with Gasteiger partial charge in [0.2, 0.25) is 0 Å². The van der Waals surface area contributed by atoms with Crippen LogP contribution in [0, 0.1) is 12.8 Å². The van der Waals surface area contributed by atoms with E-state index in [1.165, 1.54) is 10.8 Å². The number of nitrogen functional groups attached to an aromatic ring is 1. The van der Waals surface area contributed by atoms with Crippen LogP contribution in [0.2, 0.25) is 0 Å². The van der Waals surface area contributed by atoms with Crippen LogP contribution in [0.5, 0.6) is 0 Å². The van der Waals surface area contributed by atoms with Gasteiger partial charge in [-0.2, -0.15) is 4.98 Å². The zero-order valence-electron chi connectivity index (χ0n) is 13.7. The first kappa shape index (κ1) is 17.9. The van der Waals surface area contributed by atoms with Crippen molar-refractivity contribution in [1.82, 2.24) is 9.55 Å². The molecule has 5 atom stereocenters. The van der Waals surface area contributed by atoms with Gasteiger partial charge >= 0.3 is 5.69 Å². The molecule has 8 nitrogen and oxygen atoms in total. The van der Waals surface area contributed by atoms with Crippen LogP contribution in [0.15, 0.2) is 11.0 Å². The standard InChI is InChI=1S/C15H25N3O5/c1-4-8(2)7-22-12-11(20)10(6-19)23-14(12)18-5-9(3)13(16)17-15(18)21/h5,8,10-12,14,19-20H,4,6-7H2,1-3H3,(H2,16,17,21)/t8?,10-,11?,12+,14-/m1/s1. The summed E-state index contributed by atoms with van der Waals surface area (Å²) in [5, 5.41) is 19.7. The third-order valence-electron chi connectivity index (χ3n) is 4.21. The molecule has 2 heterocycles. The van der Waals surface area contributed by atoms with Crippen LogP contribution >= 0.6 is 0 Å². The fraction of sp³-hybridized carbons (Fsp3) is 0.733. The molecule has 0 aliphatic carbocycles. The number of aliphatic hydroxyl groups is 2. The van der Waals surface area contributed by atoms with Crippen molar-refractivity contribution in [3.63, 3.8) is 0 Å². The molecule has 1 aliphatic rings. The Morgan fingerprint density at radius 3 is 2.87 bits per heavy atom. The van der Waals surface area contributed by atoms with Crippen LogP contribution < -0.4 is 11.4 Å². The Kier molecular flexibility index (Phi) is 5.74. The first-order valence-corrected chi connectivity index (χ1v) is 7.80. The minimum Gasteiger partial charge on any atom is -0.394 e. The fourth-order valence-corrected chi connectivity index (χ4v) is 2.43. The van der Waals surface area contributed by atoms with Gasteiger partial charge in [-0.05, 0) is 12.8 Å². The van der Waals surface area contributed by atoms with Crippen LogP contribution in [0.4, 0.5) is 5.82 Å². The maximum atomic E-state index is 12.1. The monoisotopic (exact) mass is 327 g/mol. The maximum absolute atomic E-state index is 12.1. The largest absolute Gasteiger partial charge is 0.394 e. The van der Waals surface area contributed by atoms with Crippen LogP contribution in [0.25, 0.3) is 0 Å². The molecule has 8 heteroatoms. The van der Waals surface area contributed by atoms with E-state index in [1.54, 1.807) is 6.92 Å². The Morgan fingerprint density at radius 1 is 1.57 bits per heavy atom. The summed E-state index contributed by atoms with van der Waals surface area (Å²) in [5.41, 5.74) is 5.67. The number of aromatic nitrogens is 2. The summed E-state index contributed by atoms with van der Waals surface area (Å²) < 4.78 is 12.7. The highest BCUT2D eigenvalue weighted by molar-refractivity contribution is 5.35. The quantitative estimate of drug-likeness (QED) is 0.662. The lowest BCUT2D eigenvalue weighted by Crippen LogP contribution is -2.39. The van der Waals surface area contributed by atoms with Crippen LogP contribution in [0.1, 0.15) is 32.1 Å². The molecule has 1 aliphatic heterocycles. The highest BCUT2D eigenvalue weighted by Crippen LogP contribution is 2.31. The zero-order chi connectivity index (χ0) is 17.1. The number of nitrogens with zero attached hydrogens (tertiary/aromatic N) is 2. The van der Waals surface area contributed by atoms with Crippen molar-refractivity contribution in [1.29, 1.82) is 0 Å². The van der Waals surface area contributed by atoms with E-state index in [0.29, 0.717) is 18.1 Å². The molecule has 130 valence electrons. The van der Waals surface area contributed by atoms with E-state index in [1.807, 2.05) is 13.8 Å². The minimum absolute atomic E-state index is 0.153. The van der Waals surface area contributed by atoms with Gasteiger partial charge in [0.25, 0.3) is 0 Å². The Hall–Kier alpha value is -1.48. The molecule has 1 fully saturated rings. The van der Waals surface area contributed by atoms with Gasteiger partial charge in [-0.25, -0.2) is 4.79 Å². The second-order valence-corrected chi connectivity index (χ2v) is 6.05. The van der Waals surface area contributed by atoms with Gasteiger partial charge in [-0.3, -0.25) is 4.57 Å². The van der Waals surface area contributed by atoms with Gasteiger partial charge in [-0.1, -0.05) is 20.3 Å². The summed E-state index contributed by atoms with van der Waals surface area (Å²) in [6, 6.07) is 0. The van der Waals surface area contributed by atoms with E-state index in [2.05, 4.69) is 4.98 Å². The van der Waals surface area contributed by atoms with E-state index in [9.17, 15) is 15.0 Å². The third-order valence-corrected chi connectivity index (χ3v) is 4.21. The van der Waals surface area contributed by atoms with E-state index in [4.69, 9.17) is 15.2 Å². The Bertz CT molecular complexity index is 591. The molecule has 2 unspecified atom stereocenters. The van der Waals surface area contributed by atoms with Crippen molar-refractivity contribution >= 4 is 5.82 Å². The number of aliphatic hydroxyl groups excluding tert-OH is 2. The summed E-state index contributed by atoms with van der Waals surface area (Å²) in [6.07, 6.45) is -0.999. The maximum Gasteiger partial charge on any atom is 0.351 e. The third kappa shape index (κ3) is 3.72. The molecular formula is C15H25N3O5. The number of hydrogen-bond donors (Lipinski definition) is 3. The summed E-state index contributed by atoms with van der Waals surface area (Å²) in [4.78, 5) is 15.9. The predicted molar refractivity (Wildman–Crippen MR) is 83.8 cm³/mol. The van der Waals surface area contributed by atoms with Crippen molar-refractivity contribution in [3.05, 3.63) is 22.2 Å². The molecule has 0 radical (unpaired) electrons. The summed E-state index contributed by atoms with van der Waals surface area (Å²) in [7, 11) is 0. The molecule has 1 aromatic heterocycles. The van der Waals surface area contributed by atoms with Crippen molar-refractivity contribution in [2.24, 2.45) is 5.92 Å². The normalized spacial score (nSPS) is 28.9. The van der Waals surface area contributed by atoms with Gasteiger partial charge in [0.15, 0.2) is 6.23 Å². The first-order valence-electron chi connectivity index (χ1n) is 7.80. The lowest BCUT2D eigenvalue weighted by Gasteiger charge is -2.24. The average molecular weight is 327 g/mol. The second-order valence-electron chi connectivity index (χ2n) is 6.05. The highest BCUT2D eigenvalue weighted by Gasteiger charge is 2.45. The number of nitrogens with two attached hydrogens (primary N) is 1. The van der Waals surface area contributed by atoms with E-state index < -0.39 is 30.2 Å². The number of hydrogen-bond acceptors (Lipinski definition) is 7. The molecule has 0 spiro atoms. The Labute approximate surface area is 134 Å². The molecule has 0 saturated carbocycles. The molecule has 4 N–H and O–H groups in total. The first-order chi connectivity index (χ1) is 10.9. The number of anilines is 1. The lowest BCUT2D eigenvalue weighted by atomic mass is 10.1.